The van der Waals surface area contributed by atoms with Gasteiger partial charge in [0.2, 0.25) is 0 Å². The summed E-state index contributed by atoms with van der Waals surface area (Å²) < 4.78 is 5.32. The number of allylic oxidation sites excluding steroid dienone is 1. The third-order valence-corrected chi connectivity index (χ3v) is 5.80. The van der Waals surface area contributed by atoms with Crippen LogP contribution in [0.1, 0.15) is 64.7 Å². The lowest BCUT2D eigenvalue weighted by molar-refractivity contribution is -0.145. The van der Waals surface area contributed by atoms with Crippen LogP contribution in [0, 0.1) is 11.3 Å². The maximum Gasteiger partial charge on any atom is 0.302 e. The number of carbonyl (C=O) groups excluding carboxylic acids is 1. The summed E-state index contributed by atoms with van der Waals surface area (Å²) in [4.78, 5) is 11.1. The monoisotopic (exact) mass is 342 g/mol. The standard InChI is InChI=1S/C17H27BrO2/c1-13-7-9-17(10-13)8-3-4-15(11-17)5-6-16(12-18)20-14(2)19/h15-16H,1,3-12H2,2H3. The molecule has 2 saturated carbocycles. The van der Waals surface area contributed by atoms with Crippen molar-refractivity contribution >= 4 is 21.9 Å². The maximum absolute atomic E-state index is 11.1. The molecule has 2 nitrogen and oxygen atoms in total. The number of hydrogen-bond acceptors (Lipinski definition) is 2. The topological polar surface area (TPSA) is 26.3 Å². The van der Waals surface area contributed by atoms with E-state index in [0.717, 1.165) is 17.7 Å². The van der Waals surface area contributed by atoms with Crippen molar-refractivity contribution in [2.75, 3.05) is 5.33 Å². The van der Waals surface area contributed by atoms with E-state index in [1.807, 2.05) is 0 Å². The van der Waals surface area contributed by atoms with Crippen molar-refractivity contribution in [3.8, 4) is 0 Å². The lowest BCUT2D eigenvalue weighted by Crippen LogP contribution is -2.27. The van der Waals surface area contributed by atoms with Gasteiger partial charge < -0.3 is 4.74 Å². The van der Waals surface area contributed by atoms with Crippen molar-refractivity contribution in [3.05, 3.63) is 12.2 Å². The second kappa shape index (κ2) is 7.11. The zero-order chi connectivity index (χ0) is 14.6. The molecule has 2 aliphatic carbocycles. The van der Waals surface area contributed by atoms with Crippen molar-refractivity contribution in [2.45, 2.75) is 70.8 Å². The first-order valence-corrected chi connectivity index (χ1v) is 9.05. The quantitative estimate of drug-likeness (QED) is 0.398. The molecule has 0 N–H and O–H groups in total. The van der Waals surface area contributed by atoms with Crippen LogP contribution in [0.3, 0.4) is 0 Å². The second-order valence-corrected chi connectivity index (χ2v) is 7.50. The molecule has 0 radical (unpaired) electrons. The molecular weight excluding hydrogens is 316 g/mol. The van der Waals surface area contributed by atoms with Gasteiger partial charge in [0, 0.05) is 12.3 Å². The van der Waals surface area contributed by atoms with Crippen molar-refractivity contribution in [2.24, 2.45) is 11.3 Å². The van der Waals surface area contributed by atoms with E-state index in [1.54, 1.807) is 0 Å². The van der Waals surface area contributed by atoms with Crippen LogP contribution in [0.4, 0.5) is 0 Å². The van der Waals surface area contributed by atoms with Gasteiger partial charge in [0.25, 0.3) is 0 Å². The molecule has 3 heteroatoms. The number of carbonyl (C=O) groups is 1. The normalized spacial score (nSPS) is 31.5. The Morgan fingerprint density at radius 2 is 2.35 bits per heavy atom. The predicted octanol–water partition coefficient (Wildman–Crippen LogP) is 5.01. The second-order valence-electron chi connectivity index (χ2n) is 6.85. The van der Waals surface area contributed by atoms with Gasteiger partial charge in [-0.3, -0.25) is 4.79 Å². The summed E-state index contributed by atoms with van der Waals surface area (Å²) in [5.74, 6) is 0.647. The fourth-order valence-electron chi connectivity index (χ4n) is 4.19. The minimum atomic E-state index is -0.165. The summed E-state index contributed by atoms with van der Waals surface area (Å²) in [7, 11) is 0. The van der Waals surface area contributed by atoms with E-state index in [4.69, 9.17) is 4.74 Å². The van der Waals surface area contributed by atoms with Gasteiger partial charge in [-0.2, -0.15) is 0 Å². The highest BCUT2D eigenvalue weighted by Crippen LogP contribution is 2.52. The molecule has 0 aromatic carbocycles. The van der Waals surface area contributed by atoms with Gasteiger partial charge in [-0.1, -0.05) is 40.9 Å². The maximum atomic E-state index is 11.1. The minimum Gasteiger partial charge on any atom is -0.462 e. The molecule has 0 aromatic rings. The van der Waals surface area contributed by atoms with Crippen LogP contribution in [0.2, 0.25) is 0 Å². The Bertz CT molecular complexity index is 366. The molecule has 114 valence electrons. The largest absolute Gasteiger partial charge is 0.462 e. The molecule has 2 rings (SSSR count). The lowest BCUT2D eigenvalue weighted by atomic mass is 9.67. The average molecular weight is 343 g/mol. The van der Waals surface area contributed by atoms with Gasteiger partial charge >= 0.3 is 5.97 Å². The van der Waals surface area contributed by atoms with Gasteiger partial charge in [-0.15, -0.1) is 0 Å². The van der Waals surface area contributed by atoms with Crippen molar-refractivity contribution in [1.29, 1.82) is 0 Å². The first kappa shape index (κ1) is 16.1. The summed E-state index contributed by atoms with van der Waals surface area (Å²) in [6, 6.07) is 0. The van der Waals surface area contributed by atoms with Gasteiger partial charge in [0.1, 0.15) is 6.10 Å². The molecule has 0 saturated heterocycles. The first-order chi connectivity index (χ1) is 9.53. The molecule has 2 fully saturated rings. The third kappa shape index (κ3) is 4.34. The minimum absolute atomic E-state index is 0.0453. The Kier molecular flexibility index (Phi) is 5.71. The van der Waals surface area contributed by atoms with Crippen LogP contribution < -0.4 is 0 Å². The highest BCUT2D eigenvalue weighted by atomic mass is 79.9. The molecule has 3 unspecified atom stereocenters. The zero-order valence-corrected chi connectivity index (χ0v) is 14.2. The Morgan fingerprint density at radius 3 is 2.95 bits per heavy atom. The predicted molar refractivity (Wildman–Crippen MR) is 86.0 cm³/mol. The van der Waals surface area contributed by atoms with E-state index in [9.17, 15) is 4.79 Å². The zero-order valence-electron chi connectivity index (χ0n) is 12.6. The van der Waals surface area contributed by atoms with E-state index < -0.39 is 0 Å². The Morgan fingerprint density at radius 1 is 1.55 bits per heavy atom. The molecule has 0 bridgehead atoms. The SMILES string of the molecule is C=C1CCC2(CCCC(CCC(CBr)OC(C)=O)C2)C1. The summed E-state index contributed by atoms with van der Waals surface area (Å²) in [6.07, 6.45) is 11.6. The van der Waals surface area contributed by atoms with E-state index in [2.05, 4.69) is 22.5 Å². The third-order valence-electron chi connectivity index (χ3n) is 5.08. The van der Waals surface area contributed by atoms with Crippen LogP contribution in [0.5, 0.6) is 0 Å². The fraction of sp³-hybridized carbons (Fsp3) is 0.824. The number of esters is 1. The van der Waals surface area contributed by atoms with Crippen molar-refractivity contribution in [1.82, 2.24) is 0 Å². The molecule has 0 aromatic heterocycles. The fourth-order valence-corrected chi connectivity index (χ4v) is 4.65. The van der Waals surface area contributed by atoms with E-state index in [1.165, 1.54) is 63.9 Å². The molecule has 3 atom stereocenters. The van der Waals surface area contributed by atoms with E-state index in [-0.39, 0.29) is 12.1 Å². The summed E-state index contributed by atoms with van der Waals surface area (Å²) in [6.45, 7) is 5.68. The molecule has 2 aliphatic rings. The molecule has 0 aliphatic heterocycles. The lowest BCUT2D eigenvalue weighted by Gasteiger charge is -2.38. The highest BCUT2D eigenvalue weighted by Gasteiger charge is 2.39. The van der Waals surface area contributed by atoms with Crippen LogP contribution >= 0.6 is 15.9 Å². The highest BCUT2D eigenvalue weighted by molar-refractivity contribution is 9.09. The number of halogens is 1. The number of rotatable bonds is 5. The van der Waals surface area contributed by atoms with Gasteiger partial charge in [-0.25, -0.2) is 0 Å². The first-order valence-electron chi connectivity index (χ1n) is 7.93. The van der Waals surface area contributed by atoms with Gasteiger partial charge in [0.15, 0.2) is 0 Å². The van der Waals surface area contributed by atoms with Crippen molar-refractivity contribution < 1.29 is 9.53 Å². The summed E-state index contributed by atoms with van der Waals surface area (Å²) >= 11 is 3.45. The van der Waals surface area contributed by atoms with Crippen LogP contribution in [0.15, 0.2) is 12.2 Å². The Labute approximate surface area is 131 Å². The van der Waals surface area contributed by atoms with E-state index in [0.29, 0.717) is 5.41 Å². The number of hydrogen-bond donors (Lipinski definition) is 0. The average Bonchev–Trinajstić information content (AvgIpc) is 2.75. The van der Waals surface area contributed by atoms with Crippen LogP contribution in [0.25, 0.3) is 0 Å². The Hall–Kier alpha value is -0.310. The smallest absolute Gasteiger partial charge is 0.302 e. The molecule has 20 heavy (non-hydrogen) atoms. The Balaban J connectivity index is 1.81. The summed E-state index contributed by atoms with van der Waals surface area (Å²) in [5.41, 5.74) is 2.04. The van der Waals surface area contributed by atoms with Crippen LogP contribution in [-0.2, 0) is 9.53 Å². The van der Waals surface area contributed by atoms with Crippen molar-refractivity contribution in [3.63, 3.8) is 0 Å². The molecule has 1 spiro atoms. The van der Waals surface area contributed by atoms with Gasteiger partial charge in [0.05, 0.1) is 0 Å². The number of ether oxygens (including phenoxy) is 1. The van der Waals surface area contributed by atoms with Crippen LogP contribution in [-0.4, -0.2) is 17.4 Å². The number of alkyl halides is 1. The van der Waals surface area contributed by atoms with Gasteiger partial charge in [-0.05, 0) is 56.3 Å². The summed E-state index contributed by atoms with van der Waals surface area (Å²) in [5, 5.41) is 0.751. The van der Waals surface area contributed by atoms with E-state index >= 15 is 0 Å². The molecular formula is C17H27BrO2. The molecule has 0 heterocycles. The molecule has 0 amide bonds.